The van der Waals surface area contributed by atoms with Crippen LogP contribution in [0.25, 0.3) is 22.2 Å². The van der Waals surface area contributed by atoms with Gasteiger partial charge in [0.05, 0.1) is 41.8 Å². The van der Waals surface area contributed by atoms with Crippen molar-refractivity contribution >= 4 is 22.3 Å². The summed E-state index contributed by atoms with van der Waals surface area (Å²) >= 11 is 0. The SMILES string of the molecule is Cc1cc(-c2ccc(NCC#Cc3cc4c(N[C@@H]5CCN(C)C[C@@H]5F)cccc4n3CC(F)(F)F)c3c2CCO3)n[nH]1. The number of piperidine rings is 1. The summed E-state index contributed by atoms with van der Waals surface area (Å²) in [6, 6.07) is 12.2. The van der Waals surface area contributed by atoms with E-state index in [0.717, 1.165) is 46.9 Å². The van der Waals surface area contributed by atoms with Gasteiger partial charge in [-0.1, -0.05) is 18.1 Å². The van der Waals surface area contributed by atoms with Crippen molar-refractivity contribution < 1.29 is 22.3 Å². The van der Waals surface area contributed by atoms with E-state index >= 15 is 0 Å². The average molecular weight is 581 g/mol. The Kier molecular flexibility index (Phi) is 7.49. The topological polar surface area (TPSA) is 70.1 Å². The number of benzene rings is 2. The number of alkyl halides is 4. The van der Waals surface area contributed by atoms with Crippen LogP contribution in [0.1, 0.15) is 23.4 Å². The first-order chi connectivity index (χ1) is 20.2. The zero-order chi connectivity index (χ0) is 29.4. The van der Waals surface area contributed by atoms with Crippen molar-refractivity contribution in [2.24, 2.45) is 0 Å². The highest BCUT2D eigenvalue weighted by molar-refractivity contribution is 5.94. The molecule has 2 aliphatic heterocycles. The van der Waals surface area contributed by atoms with Crippen molar-refractivity contribution in [3.05, 3.63) is 59.4 Å². The minimum atomic E-state index is -4.44. The summed E-state index contributed by atoms with van der Waals surface area (Å²) in [5, 5.41) is 14.4. The van der Waals surface area contributed by atoms with Crippen LogP contribution in [-0.2, 0) is 13.0 Å². The highest BCUT2D eigenvalue weighted by Gasteiger charge is 2.31. The Labute approximate surface area is 241 Å². The molecule has 1 saturated heterocycles. The third kappa shape index (κ3) is 5.77. The molecule has 2 aromatic carbocycles. The summed E-state index contributed by atoms with van der Waals surface area (Å²) in [7, 11) is 1.87. The van der Waals surface area contributed by atoms with Gasteiger partial charge in [0.1, 0.15) is 18.5 Å². The Bertz CT molecular complexity index is 1660. The maximum absolute atomic E-state index is 14.7. The van der Waals surface area contributed by atoms with Gasteiger partial charge in [0.2, 0.25) is 0 Å². The molecule has 6 rings (SSSR count). The summed E-state index contributed by atoms with van der Waals surface area (Å²) in [5.41, 5.74) is 5.89. The molecule has 0 radical (unpaired) electrons. The fourth-order valence-corrected chi connectivity index (χ4v) is 5.79. The predicted octanol–water partition coefficient (Wildman–Crippen LogP) is 5.75. The first-order valence-corrected chi connectivity index (χ1v) is 14.0. The molecule has 2 aromatic heterocycles. The van der Waals surface area contributed by atoms with Gasteiger partial charge < -0.3 is 24.8 Å². The van der Waals surface area contributed by atoms with Gasteiger partial charge in [-0.2, -0.15) is 18.3 Å². The number of nitrogens with one attached hydrogen (secondary N) is 3. The number of hydrogen-bond donors (Lipinski definition) is 3. The van der Waals surface area contributed by atoms with Crippen molar-refractivity contribution in [3.8, 4) is 28.8 Å². The molecular formula is C31H32F4N6O. The van der Waals surface area contributed by atoms with Gasteiger partial charge in [-0.05, 0) is 56.6 Å². The van der Waals surface area contributed by atoms with Gasteiger partial charge in [-0.3, -0.25) is 5.10 Å². The smallest absolute Gasteiger partial charge is 0.406 e. The van der Waals surface area contributed by atoms with E-state index < -0.39 is 24.9 Å². The van der Waals surface area contributed by atoms with Crippen LogP contribution in [0.15, 0.2) is 42.5 Å². The second kappa shape index (κ2) is 11.2. The summed E-state index contributed by atoms with van der Waals surface area (Å²) in [5.74, 6) is 6.67. The van der Waals surface area contributed by atoms with E-state index in [0.29, 0.717) is 36.2 Å². The third-order valence-electron chi connectivity index (χ3n) is 7.79. The van der Waals surface area contributed by atoms with Crippen molar-refractivity contribution in [1.82, 2.24) is 19.7 Å². The number of halogens is 4. The highest BCUT2D eigenvalue weighted by Crippen LogP contribution is 2.40. The fraction of sp³-hybridized carbons (Fsp3) is 0.387. The zero-order valence-electron chi connectivity index (χ0n) is 23.4. The first-order valence-electron chi connectivity index (χ1n) is 14.0. The Morgan fingerprint density at radius 3 is 2.79 bits per heavy atom. The second-order valence-corrected chi connectivity index (χ2v) is 10.9. The molecule has 0 spiro atoms. The van der Waals surface area contributed by atoms with Crippen LogP contribution in [-0.4, -0.2) is 71.3 Å². The number of hydrogen-bond acceptors (Lipinski definition) is 5. The van der Waals surface area contributed by atoms with Crippen molar-refractivity contribution in [3.63, 3.8) is 0 Å². The van der Waals surface area contributed by atoms with Crippen LogP contribution in [0.4, 0.5) is 28.9 Å². The normalized spacial score (nSPS) is 18.8. The van der Waals surface area contributed by atoms with Gasteiger partial charge in [-0.15, -0.1) is 0 Å². The number of likely N-dealkylation sites (tertiary alicyclic amines) is 1. The predicted molar refractivity (Wildman–Crippen MR) is 156 cm³/mol. The summed E-state index contributed by atoms with van der Waals surface area (Å²) < 4.78 is 62.6. The summed E-state index contributed by atoms with van der Waals surface area (Å²) in [4.78, 5) is 1.93. The average Bonchev–Trinajstić information content (AvgIpc) is 3.67. The number of aryl methyl sites for hydroxylation is 1. The Hall–Kier alpha value is -4.17. The lowest BCUT2D eigenvalue weighted by Crippen LogP contribution is -2.46. The molecule has 3 N–H and O–H groups in total. The number of H-pyrrole nitrogens is 1. The molecule has 4 heterocycles. The lowest BCUT2D eigenvalue weighted by Gasteiger charge is -2.33. The Morgan fingerprint density at radius 2 is 2.02 bits per heavy atom. The number of ether oxygens (including phenoxy) is 1. The molecule has 0 aliphatic carbocycles. The standard InChI is InChI=1S/C31H32F4N6O/c1-19-15-28(39-38-19)21-8-9-27(30-22(21)11-14-42-30)36-12-4-5-20-16-23-25(37-26-10-13-40(2)17-24(26)32)6-3-7-29(23)41(20)18-31(33,34)35/h3,6-9,15-16,24,26,36-37H,10-14,17-18H2,1-2H3,(H,38,39)/t24-,26+/m0/s1. The number of rotatable bonds is 6. The first kappa shape index (κ1) is 28.0. The van der Waals surface area contributed by atoms with E-state index in [2.05, 4.69) is 32.7 Å². The van der Waals surface area contributed by atoms with Crippen LogP contribution in [0.2, 0.25) is 0 Å². The molecule has 0 saturated carbocycles. The molecular weight excluding hydrogens is 548 g/mol. The lowest BCUT2D eigenvalue weighted by atomic mass is 10.0. The Morgan fingerprint density at radius 1 is 1.17 bits per heavy atom. The molecule has 4 aromatic rings. The zero-order valence-corrected chi connectivity index (χ0v) is 23.4. The van der Waals surface area contributed by atoms with Crippen LogP contribution in [0.5, 0.6) is 5.75 Å². The van der Waals surface area contributed by atoms with Gasteiger partial charge in [0.15, 0.2) is 0 Å². The number of aromatic nitrogens is 3. The molecule has 0 unspecified atom stereocenters. The van der Waals surface area contributed by atoms with Crippen LogP contribution in [0.3, 0.4) is 0 Å². The van der Waals surface area contributed by atoms with E-state index in [-0.39, 0.29) is 12.2 Å². The summed E-state index contributed by atoms with van der Waals surface area (Å²) in [6.45, 7) is 2.59. The van der Waals surface area contributed by atoms with E-state index in [1.165, 1.54) is 4.57 Å². The van der Waals surface area contributed by atoms with Crippen molar-refractivity contribution in [1.29, 1.82) is 0 Å². The number of nitrogens with zero attached hydrogens (tertiary/aromatic N) is 3. The molecule has 7 nitrogen and oxygen atoms in total. The fourth-order valence-electron chi connectivity index (χ4n) is 5.79. The van der Waals surface area contributed by atoms with Crippen LogP contribution >= 0.6 is 0 Å². The Balaban J connectivity index is 1.25. The van der Waals surface area contributed by atoms with Gasteiger partial charge >= 0.3 is 6.18 Å². The maximum Gasteiger partial charge on any atom is 0.406 e. The molecule has 2 atom stereocenters. The molecule has 220 valence electrons. The van der Waals surface area contributed by atoms with Gasteiger partial charge in [-0.25, -0.2) is 4.39 Å². The van der Waals surface area contributed by atoms with E-state index in [4.69, 9.17) is 4.74 Å². The second-order valence-electron chi connectivity index (χ2n) is 10.9. The third-order valence-corrected chi connectivity index (χ3v) is 7.79. The van der Waals surface area contributed by atoms with Gasteiger partial charge in [0.25, 0.3) is 0 Å². The molecule has 0 amide bonds. The van der Waals surface area contributed by atoms with E-state index in [1.54, 1.807) is 24.3 Å². The number of fused-ring (bicyclic) bond motifs is 2. The quantitative estimate of drug-likeness (QED) is 0.200. The van der Waals surface area contributed by atoms with Gasteiger partial charge in [0, 0.05) is 47.4 Å². The summed E-state index contributed by atoms with van der Waals surface area (Å²) in [6.07, 6.45) is -4.16. The minimum absolute atomic E-state index is 0.203. The lowest BCUT2D eigenvalue weighted by molar-refractivity contribution is -0.140. The highest BCUT2D eigenvalue weighted by atomic mass is 19.4. The number of anilines is 2. The van der Waals surface area contributed by atoms with E-state index in [1.807, 2.05) is 37.1 Å². The molecule has 2 aliphatic rings. The monoisotopic (exact) mass is 580 g/mol. The van der Waals surface area contributed by atoms with Crippen molar-refractivity contribution in [2.75, 3.05) is 43.9 Å². The molecule has 1 fully saturated rings. The number of aromatic amines is 1. The molecule has 11 heteroatoms. The van der Waals surface area contributed by atoms with E-state index in [9.17, 15) is 17.6 Å². The maximum atomic E-state index is 14.7. The molecule has 0 bridgehead atoms. The van der Waals surface area contributed by atoms with Crippen LogP contribution < -0.4 is 15.4 Å². The van der Waals surface area contributed by atoms with Crippen molar-refractivity contribution in [2.45, 2.75) is 44.7 Å². The largest absolute Gasteiger partial charge is 0.491 e. The molecule has 42 heavy (non-hydrogen) atoms. The minimum Gasteiger partial charge on any atom is -0.491 e. The van der Waals surface area contributed by atoms with Crippen LogP contribution in [0, 0.1) is 18.8 Å².